The number of thiophene rings is 1. The topological polar surface area (TPSA) is 72.3 Å². The number of rotatable bonds is 3. The minimum Gasteiger partial charge on any atom is -0.390 e. The standard InChI is InChI=1S/C9H15N3OS/c1-12(2)9(13)7-6(3-4-10)5-14-8(7)11/h5H,3-4,10-11H2,1-2H3. The van der Waals surface area contributed by atoms with E-state index in [1.165, 1.54) is 16.2 Å². The predicted molar refractivity (Wildman–Crippen MR) is 59.5 cm³/mol. The third-order valence-electron chi connectivity index (χ3n) is 1.93. The van der Waals surface area contributed by atoms with Gasteiger partial charge >= 0.3 is 0 Å². The van der Waals surface area contributed by atoms with E-state index in [0.29, 0.717) is 23.5 Å². The molecule has 1 heterocycles. The Labute approximate surface area is 87.5 Å². The molecule has 14 heavy (non-hydrogen) atoms. The Morgan fingerprint density at radius 1 is 1.57 bits per heavy atom. The molecule has 5 heteroatoms. The first-order valence-electron chi connectivity index (χ1n) is 4.35. The summed E-state index contributed by atoms with van der Waals surface area (Å²) < 4.78 is 0. The summed E-state index contributed by atoms with van der Waals surface area (Å²) in [5, 5.41) is 2.48. The zero-order valence-corrected chi connectivity index (χ0v) is 9.23. The summed E-state index contributed by atoms with van der Waals surface area (Å²) in [6, 6.07) is 0. The summed E-state index contributed by atoms with van der Waals surface area (Å²) in [7, 11) is 3.43. The molecule has 0 atom stereocenters. The highest BCUT2D eigenvalue weighted by molar-refractivity contribution is 7.14. The van der Waals surface area contributed by atoms with E-state index in [1.807, 2.05) is 5.38 Å². The molecule has 0 unspecified atom stereocenters. The van der Waals surface area contributed by atoms with Gasteiger partial charge in [-0.1, -0.05) is 0 Å². The van der Waals surface area contributed by atoms with Crippen LogP contribution in [0.3, 0.4) is 0 Å². The zero-order valence-electron chi connectivity index (χ0n) is 8.41. The monoisotopic (exact) mass is 213 g/mol. The summed E-state index contributed by atoms with van der Waals surface area (Å²) in [5.41, 5.74) is 12.8. The van der Waals surface area contributed by atoms with E-state index in [-0.39, 0.29) is 5.91 Å². The van der Waals surface area contributed by atoms with Crippen LogP contribution in [0.15, 0.2) is 5.38 Å². The number of carbonyl (C=O) groups excluding carboxylic acids is 1. The van der Waals surface area contributed by atoms with Gasteiger partial charge in [-0.25, -0.2) is 0 Å². The van der Waals surface area contributed by atoms with Crippen molar-refractivity contribution in [2.45, 2.75) is 6.42 Å². The Kier molecular flexibility index (Phi) is 3.49. The average Bonchev–Trinajstić information content (AvgIpc) is 2.47. The van der Waals surface area contributed by atoms with Gasteiger partial charge in [0.2, 0.25) is 0 Å². The van der Waals surface area contributed by atoms with Crippen LogP contribution in [-0.2, 0) is 6.42 Å². The van der Waals surface area contributed by atoms with E-state index in [9.17, 15) is 4.79 Å². The number of nitrogens with zero attached hydrogens (tertiary/aromatic N) is 1. The molecule has 0 bridgehead atoms. The molecule has 0 aliphatic heterocycles. The second-order valence-electron chi connectivity index (χ2n) is 3.24. The highest BCUT2D eigenvalue weighted by Crippen LogP contribution is 2.26. The maximum Gasteiger partial charge on any atom is 0.256 e. The quantitative estimate of drug-likeness (QED) is 0.769. The molecule has 78 valence electrons. The van der Waals surface area contributed by atoms with E-state index < -0.39 is 0 Å². The highest BCUT2D eigenvalue weighted by atomic mass is 32.1. The van der Waals surface area contributed by atoms with Crippen LogP contribution in [0, 0.1) is 0 Å². The molecule has 0 saturated heterocycles. The lowest BCUT2D eigenvalue weighted by molar-refractivity contribution is 0.0828. The van der Waals surface area contributed by atoms with Crippen LogP contribution in [0.4, 0.5) is 5.00 Å². The summed E-state index contributed by atoms with van der Waals surface area (Å²) in [6.07, 6.45) is 0.697. The number of anilines is 1. The van der Waals surface area contributed by atoms with E-state index in [2.05, 4.69) is 0 Å². The SMILES string of the molecule is CN(C)C(=O)c1c(CCN)csc1N. The molecule has 0 aromatic carbocycles. The number of amides is 1. The number of nitrogens with two attached hydrogens (primary N) is 2. The molecule has 0 saturated carbocycles. The van der Waals surface area contributed by atoms with Crippen LogP contribution >= 0.6 is 11.3 Å². The fraction of sp³-hybridized carbons (Fsp3) is 0.444. The molecular formula is C9H15N3OS. The minimum atomic E-state index is -0.0489. The molecule has 0 spiro atoms. The number of carbonyl (C=O) groups is 1. The molecule has 4 nitrogen and oxygen atoms in total. The first-order chi connectivity index (χ1) is 6.57. The van der Waals surface area contributed by atoms with Gasteiger partial charge in [-0.15, -0.1) is 11.3 Å². The summed E-state index contributed by atoms with van der Waals surface area (Å²) >= 11 is 1.39. The van der Waals surface area contributed by atoms with Gasteiger partial charge in [-0.3, -0.25) is 4.79 Å². The van der Waals surface area contributed by atoms with Crippen molar-refractivity contribution in [3.8, 4) is 0 Å². The van der Waals surface area contributed by atoms with Gasteiger partial charge in [0.15, 0.2) is 0 Å². The van der Waals surface area contributed by atoms with E-state index >= 15 is 0 Å². The lowest BCUT2D eigenvalue weighted by Gasteiger charge is -2.11. The van der Waals surface area contributed by atoms with Gasteiger partial charge < -0.3 is 16.4 Å². The Hall–Kier alpha value is -1.07. The average molecular weight is 213 g/mol. The zero-order chi connectivity index (χ0) is 10.7. The van der Waals surface area contributed by atoms with Crippen molar-refractivity contribution in [3.63, 3.8) is 0 Å². The molecule has 1 aromatic rings. The molecule has 1 amide bonds. The summed E-state index contributed by atoms with van der Waals surface area (Å²) in [5.74, 6) is -0.0489. The van der Waals surface area contributed by atoms with Crippen LogP contribution < -0.4 is 11.5 Å². The Morgan fingerprint density at radius 2 is 2.21 bits per heavy atom. The fourth-order valence-corrected chi connectivity index (χ4v) is 2.06. The largest absolute Gasteiger partial charge is 0.390 e. The molecule has 0 radical (unpaired) electrons. The normalized spacial score (nSPS) is 10.2. The number of hydrogen-bond acceptors (Lipinski definition) is 4. The van der Waals surface area contributed by atoms with Crippen molar-refractivity contribution >= 4 is 22.2 Å². The second-order valence-corrected chi connectivity index (χ2v) is 4.15. The molecule has 0 fully saturated rings. The van der Waals surface area contributed by atoms with Crippen molar-refractivity contribution in [1.29, 1.82) is 0 Å². The van der Waals surface area contributed by atoms with Crippen LogP contribution in [0.25, 0.3) is 0 Å². The Morgan fingerprint density at radius 3 is 2.71 bits per heavy atom. The van der Waals surface area contributed by atoms with E-state index in [1.54, 1.807) is 14.1 Å². The maximum absolute atomic E-state index is 11.7. The number of nitrogen functional groups attached to an aromatic ring is 1. The van der Waals surface area contributed by atoms with Gasteiger partial charge in [0.05, 0.1) is 10.6 Å². The summed E-state index contributed by atoms with van der Waals surface area (Å²) in [6.45, 7) is 0.532. The van der Waals surface area contributed by atoms with Crippen LogP contribution in [0.5, 0.6) is 0 Å². The third-order valence-corrected chi connectivity index (χ3v) is 2.79. The Balaban J connectivity index is 3.04. The summed E-state index contributed by atoms with van der Waals surface area (Å²) in [4.78, 5) is 13.3. The van der Waals surface area contributed by atoms with Crippen molar-refractivity contribution in [2.75, 3.05) is 26.4 Å². The van der Waals surface area contributed by atoms with Gasteiger partial charge in [-0.2, -0.15) is 0 Å². The van der Waals surface area contributed by atoms with Crippen molar-refractivity contribution < 1.29 is 4.79 Å². The molecule has 0 aliphatic carbocycles. The maximum atomic E-state index is 11.7. The second kappa shape index (κ2) is 4.43. The highest BCUT2D eigenvalue weighted by Gasteiger charge is 2.17. The van der Waals surface area contributed by atoms with Gasteiger partial charge in [0, 0.05) is 14.1 Å². The van der Waals surface area contributed by atoms with Gasteiger partial charge in [0.25, 0.3) is 5.91 Å². The fourth-order valence-electron chi connectivity index (χ4n) is 1.22. The molecule has 4 N–H and O–H groups in total. The first kappa shape index (κ1) is 11.0. The van der Waals surface area contributed by atoms with E-state index in [0.717, 1.165) is 5.56 Å². The molecule has 0 aliphatic rings. The first-order valence-corrected chi connectivity index (χ1v) is 5.23. The van der Waals surface area contributed by atoms with Gasteiger partial charge in [0.1, 0.15) is 0 Å². The van der Waals surface area contributed by atoms with Crippen molar-refractivity contribution in [1.82, 2.24) is 4.90 Å². The van der Waals surface area contributed by atoms with E-state index in [4.69, 9.17) is 11.5 Å². The van der Waals surface area contributed by atoms with Crippen molar-refractivity contribution in [2.24, 2.45) is 5.73 Å². The molecule has 1 rings (SSSR count). The molecular weight excluding hydrogens is 198 g/mol. The molecule has 1 aromatic heterocycles. The predicted octanol–water partition coefficient (Wildman–Crippen LogP) is 0.533. The lowest BCUT2D eigenvalue weighted by Crippen LogP contribution is -2.23. The smallest absolute Gasteiger partial charge is 0.256 e. The van der Waals surface area contributed by atoms with Gasteiger partial charge in [-0.05, 0) is 23.9 Å². The van der Waals surface area contributed by atoms with Crippen LogP contribution in [-0.4, -0.2) is 31.4 Å². The number of hydrogen-bond donors (Lipinski definition) is 2. The minimum absolute atomic E-state index is 0.0489. The van der Waals surface area contributed by atoms with Crippen LogP contribution in [0.2, 0.25) is 0 Å². The Bertz CT molecular complexity index is 333. The third kappa shape index (κ3) is 2.05. The lowest BCUT2D eigenvalue weighted by atomic mass is 10.1. The van der Waals surface area contributed by atoms with Crippen LogP contribution in [0.1, 0.15) is 15.9 Å². The van der Waals surface area contributed by atoms with Crippen molar-refractivity contribution in [3.05, 3.63) is 16.5 Å².